The van der Waals surface area contributed by atoms with Crippen LogP contribution >= 0.6 is 0 Å². The Balaban J connectivity index is 0.000000236. The largest absolute Gasteiger partial charge is 1.00 e. The molecule has 10 aliphatic rings. The van der Waals surface area contributed by atoms with Gasteiger partial charge in [0.05, 0.1) is 0 Å². The van der Waals surface area contributed by atoms with Crippen LogP contribution in [0.5, 0.6) is 0 Å². The molecule has 10 fully saturated rings. The number of carbonyl (C=O) groups excluding carboxylic acids is 7. The molecule has 10 aliphatic carbocycles. The van der Waals surface area contributed by atoms with E-state index >= 15 is 0 Å². The molecule has 0 heterocycles. The summed E-state index contributed by atoms with van der Waals surface area (Å²) in [5.74, 6) is 2.35. The van der Waals surface area contributed by atoms with Crippen molar-refractivity contribution in [2.24, 2.45) is 113 Å². The van der Waals surface area contributed by atoms with E-state index in [0.29, 0.717) is 85.5 Å². The number of aldehydes is 1. The molecule has 18 heteroatoms. The summed E-state index contributed by atoms with van der Waals surface area (Å²) in [4.78, 5) is 90.0. The van der Waals surface area contributed by atoms with Crippen LogP contribution in [0.3, 0.4) is 0 Å². The molecule has 22 atom stereocenters. The third kappa shape index (κ3) is 15.5. The van der Waals surface area contributed by atoms with E-state index in [4.69, 9.17) is 28.8 Å². The van der Waals surface area contributed by atoms with Gasteiger partial charge >= 0.3 is 53.4 Å². The number of hydrogen-bond acceptors (Lipinski definition) is 15. The summed E-state index contributed by atoms with van der Waals surface area (Å²) in [7, 11) is 0.699. The number of aliphatic carboxylic acids is 1. The van der Waals surface area contributed by atoms with Gasteiger partial charge in [0.1, 0.15) is 39.4 Å². The number of fused-ring (bicyclic) bond motifs is 14. The molecule has 16 nitrogen and oxygen atoms in total. The Bertz CT molecular complexity index is 3130. The Kier molecular flexibility index (Phi) is 26.1. The normalized spacial score (nSPS) is 41.6. The Morgan fingerprint density at radius 3 is 1.33 bits per heavy atom. The smallest absolute Gasteiger partial charge is 0.702 e. The fourth-order valence-electron chi connectivity index (χ4n) is 25.5. The van der Waals surface area contributed by atoms with Crippen molar-refractivity contribution in [2.45, 2.75) is 265 Å². The van der Waals surface area contributed by atoms with Crippen LogP contribution < -0.4 is 34.9 Å². The van der Waals surface area contributed by atoms with Crippen molar-refractivity contribution >= 4 is 55.8 Å². The molecule has 546 valence electrons. The van der Waals surface area contributed by atoms with E-state index < -0.39 is 23.3 Å². The van der Waals surface area contributed by atoms with E-state index in [0.717, 1.165) is 90.6 Å². The molecule has 0 bridgehead atoms. The molecule has 0 aromatic heterocycles. The predicted octanol–water partition coefficient (Wildman–Crippen LogP) is 13.0. The number of benzene rings is 1. The summed E-state index contributed by atoms with van der Waals surface area (Å²) < 4.78 is 31.7. The first kappa shape index (κ1) is 82.0. The Morgan fingerprint density at radius 2 is 0.919 bits per heavy atom. The van der Waals surface area contributed by atoms with Crippen LogP contribution in [0.2, 0.25) is 0 Å². The van der Waals surface area contributed by atoms with Gasteiger partial charge in [0.15, 0.2) is 0 Å². The molecule has 8 unspecified atom stereocenters. The van der Waals surface area contributed by atoms with Gasteiger partial charge in [-0.05, 0) is 245 Å². The Morgan fingerprint density at radius 1 is 0.495 bits per heavy atom. The van der Waals surface area contributed by atoms with Crippen LogP contribution in [-0.2, 0) is 73.2 Å². The molecule has 2 N–H and O–H groups in total. The fraction of sp³-hybridized carbons (Fsp3) is 0.778. The number of carboxylic acids is 1. The first-order valence-corrected chi connectivity index (χ1v) is 37.2. The Labute approximate surface area is 616 Å². The van der Waals surface area contributed by atoms with Crippen LogP contribution in [0.15, 0.2) is 54.6 Å². The first-order valence-electron chi connectivity index (χ1n) is 37.2. The number of ether oxygens (including phenoxy) is 4. The van der Waals surface area contributed by atoms with Gasteiger partial charge < -0.3 is 43.5 Å². The van der Waals surface area contributed by atoms with Gasteiger partial charge in [0.2, 0.25) is 0 Å². The van der Waals surface area contributed by atoms with Gasteiger partial charge in [0.25, 0.3) is 17.9 Å². The van der Waals surface area contributed by atoms with Gasteiger partial charge in [-0.2, -0.15) is 0 Å². The van der Waals surface area contributed by atoms with Crippen molar-refractivity contribution in [3.8, 4) is 0 Å². The number of nitrogens with one attached hydrogen (secondary N) is 1. The maximum Gasteiger partial charge on any atom is 1.00 e. The third-order valence-corrected chi connectivity index (χ3v) is 30.0. The minimum absolute atomic E-state index is 0. The zero-order chi connectivity index (χ0) is 72.6. The first-order chi connectivity index (χ1) is 45.7. The zero-order valence-corrected chi connectivity index (χ0v) is 66.0. The van der Waals surface area contributed by atoms with E-state index in [9.17, 15) is 33.6 Å². The molecular formula is C81H123BNNaO15. The van der Waals surface area contributed by atoms with Crippen LogP contribution in [0, 0.1) is 113 Å². The molecule has 0 aliphatic heterocycles. The molecule has 10 saturated carbocycles. The second kappa shape index (κ2) is 31.6. The SMILES string of the molecule is C=C(C)[C@@H]1CC[C@]2(C=O)CC[C@]3(C)C(CCC4[C@@]5(C)CC[C@H](OC(C)=O)[C@@](C)(COC(C)=O)C5CC[C@]43C)C12.C=C(C)[C@@H]1CC[C@]2(CNCc3ccccc3)CC[C@]3(C)C(CCC4[C@@]5(C)CC[C@H](OC(C)=O)[C@@](C)(COC(C)=O)C5CC[C@]43C)C12.CC(=O)O.CC(=O)O[B-]OC(C)=O.[Na+]. The van der Waals surface area contributed by atoms with Crippen LogP contribution in [0.4, 0.5) is 0 Å². The summed E-state index contributed by atoms with van der Waals surface area (Å²) in [5.41, 5.74) is 4.48. The summed E-state index contributed by atoms with van der Waals surface area (Å²) >= 11 is 0. The van der Waals surface area contributed by atoms with Gasteiger partial charge in [-0.25, -0.2) is 0 Å². The van der Waals surface area contributed by atoms with Gasteiger partial charge in [0, 0.05) is 77.8 Å². The summed E-state index contributed by atoms with van der Waals surface area (Å²) in [6.07, 6.45) is 23.5. The van der Waals surface area contributed by atoms with E-state index in [-0.39, 0.29) is 109 Å². The third-order valence-electron chi connectivity index (χ3n) is 30.0. The topological polar surface area (TPSA) is 224 Å². The van der Waals surface area contributed by atoms with E-state index in [1.165, 1.54) is 122 Å². The Hall–Kier alpha value is -4.32. The molecule has 11 rings (SSSR count). The van der Waals surface area contributed by atoms with Crippen LogP contribution in [0.1, 0.15) is 252 Å². The number of allylic oxidation sites excluding steroid dienone is 2. The summed E-state index contributed by atoms with van der Waals surface area (Å²) in [6, 6.07) is 10.9. The minimum atomic E-state index is -0.833. The van der Waals surface area contributed by atoms with Crippen molar-refractivity contribution in [1.29, 1.82) is 0 Å². The predicted molar refractivity (Wildman–Crippen MR) is 378 cm³/mol. The molecule has 0 saturated heterocycles. The molecule has 0 amide bonds. The zero-order valence-electron chi connectivity index (χ0n) is 64.0. The molecule has 1 aromatic carbocycles. The van der Waals surface area contributed by atoms with E-state index in [2.05, 4.69) is 127 Å². The number of carbonyl (C=O) groups is 8. The van der Waals surface area contributed by atoms with E-state index in [1.807, 2.05) is 0 Å². The maximum atomic E-state index is 12.7. The van der Waals surface area contributed by atoms with Crippen molar-refractivity contribution in [2.75, 3.05) is 19.8 Å². The molecule has 1 aromatic rings. The molecule has 0 spiro atoms. The molecular weight excluding hydrogens is 1260 g/mol. The fourth-order valence-corrected chi connectivity index (χ4v) is 25.5. The van der Waals surface area contributed by atoms with Crippen molar-refractivity contribution in [1.82, 2.24) is 5.32 Å². The standard InChI is InChI=1S/C41H61NO4.C34H52O5.C4H6BO4.C2H4O2.Na/c1-27(2)31-16-21-41(25-42-24-30-12-10-9-11-13-30)23-22-39(7)32(36(31)41)14-15-34-37(5)19-18-35(46-29(4)44)38(6,26-45-28(3)43)33(37)17-20-40(34,39)8;1-21(2)24-11-16-34(19-35)18-17-32(7)25(29(24)34)9-10-27-30(5)14-13-28(39-23(4)37)31(6,20-38-22(3)36)26(30)12-15-33(27,32)8;1-3(6)8-5-9-4(2)7;1-2(3)4;/h9-13,31-36,42H,1,14-26H2,2-8H3;19,24-29H,1,9-18,20H2,2-8H3;1-2H3;1H3,(H,3,4);/q;;-1;;+1/t31-,32?,33?,34?,35-,36?,37-,38-,39+,40+,41+;24-,25?,26?,27?,28-,29?,30-,31-,32+,33+,34+;;;/m00.../s1. The van der Waals surface area contributed by atoms with Gasteiger partial charge in [-0.1, -0.05) is 110 Å². The van der Waals surface area contributed by atoms with E-state index in [1.54, 1.807) is 0 Å². The maximum absolute atomic E-state index is 12.7. The summed E-state index contributed by atoms with van der Waals surface area (Å²) in [6.45, 7) is 45.7. The van der Waals surface area contributed by atoms with Crippen LogP contribution in [-0.4, -0.2) is 92.8 Å². The average molecular weight is 1380 g/mol. The number of hydrogen-bond donors (Lipinski definition) is 2. The minimum Gasteiger partial charge on any atom is -0.702 e. The number of esters is 4. The van der Waals surface area contributed by atoms with Crippen molar-refractivity contribution in [3.05, 3.63) is 60.2 Å². The molecule has 2 radical (unpaired) electrons. The number of rotatable bonds is 15. The number of carboxylic acid groups (broad SMARTS) is 1. The second-order valence-electron chi connectivity index (χ2n) is 34.9. The quantitative estimate of drug-likeness (QED) is 0.0547. The summed E-state index contributed by atoms with van der Waals surface area (Å²) in [5, 5.41) is 11.4. The van der Waals surface area contributed by atoms with Gasteiger partial charge in [-0.3, -0.25) is 33.6 Å². The van der Waals surface area contributed by atoms with Crippen molar-refractivity contribution < 1.29 is 101 Å². The van der Waals surface area contributed by atoms with Crippen molar-refractivity contribution in [3.63, 3.8) is 0 Å². The monoisotopic (exact) mass is 1380 g/mol. The second-order valence-corrected chi connectivity index (χ2v) is 34.9. The average Bonchev–Trinajstić information content (AvgIpc) is 1.04. The molecule has 99 heavy (non-hydrogen) atoms. The van der Waals surface area contributed by atoms with Gasteiger partial charge in [-0.15, -0.1) is 0 Å². The van der Waals surface area contributed by atoms with Crippen LogP contribution in [0.25, 0.3) is 0 Å².